The molecule has 0 fully saturated rings. The molecule has 2 N–H and O–H groups in total. The second kappa shape index (κ2) is 7.39. The smallest absolute Gasteiger partial charge is 0.267 e. The quantitative estimate of drug-likeness (QED) is 0.745. The minimum atomic E-state index is -3.85. The molecule has 1 amide bonds. The van der Waals surface area contributed by atoms with Crippen LogP contribution in [0, 0.1) is 0 Å². The average Bonchev–Trinajstić information content (AvgIpc) is 2.50. The molecule has 23 heavy (non-hydrogen) atoms. The van der Waals surface area contributed by atoms with E-state index in [2.05, 4.69) is 4.72 Å². The zero-order valence-electron chi connectivity index (χ0n) is 14.0. The molecule has 0 aliphatic rings. The molecule has 130 valence electrons. The van der Waals surface area contributed by atoms with E-state index >= 15 is 0 Å². The number of hydroxylamine groups is 2. The molecule has 0 saturated carbocycles. The van der Waals surface area contributed by atoms with E-state index < -0.39 is 32.8 Å². The monoisotopic (exact) mass is 344 g/mol. The van der Waals surface area contributed by atoms with Gasteiger partial charge in [-0.25, -0.2) is 13.5 Å². The van der Waals surface area contributed by atoms with Gasteiger partial charge in [0.25, 0.3) is 5.91 Å². The van der Waals surface area contributed by atoms with Crippen molar-refractivity contribution in [2.45, 2.75) is 37.7 Å². The molecule has 1 aromatic carbocycles. The van der Waals surface area contributed by atoms with Gasteiger partial charge < -0.3 is 5.11 Å². The van der Waals surface area contributed by atoms with Gasteiger partial charge in [-0.3, -0.25) is 9.63 Å². The Morgan fingerprint density at radius 2 is 1.78 bits per heavy atom. The van der Waals surface area contributed by atoms with Crippen LogP contribution in [0.2, 0.25) is 0 Å². The van der Waals surface area contributed by atoms with Crippen molar-refractivity contribution in [2.75, 3.05) is 14.2 Å². The number of nitrogens with one attached hydrogen (secondary N) is 1. The van der Waals surface area contributed by atoms with Gasteiger partial charge in [-0.2, -0.15) is 4.72 Å². The Bertz CT molecular complexity index is 625. The number of hydrogen-bond donors (Lipinski definition) is 2. The first kappa shape index (κ1) is 19.6. The number of likely N-dealkylation sites (N-methyl/N-ethyl adjacent to an activating group) is 1. The summed E-state index contributed by atoms with van der Waals surface area (Å²) in [5.74, 6) is -0.698. The van der Waals surface area contributed by atoms with Gasteiger partial charge in [0.15, 0.2) is 0 Å². The van der Waals surface area contributed by atoms with E-state index in [4.69, 9.17) is 4.84 Å². The number of amides is 1. The Labute approximate surface area is 137 Å². The largest absolute Gasteiger partial charge is 0.386 e. The van der Waals surface area contributed by atoms with Gasteiger partial charge in [0, 0.05) is 7.05 Å². The number of aliphatic hydroxyl groups excluding tert-OH is 1. The van der Waals surface area contributed by atoms with Crippen LogP contribution in [0.3, 0.4) is 0 Å². The van der Waals surface area contributed by atoms with E-state index in [-0.39, 0.29) is 0 Å². The molecule has 0 radical (unpaired) electrons. The van der Waals surface area contributed by atoms with Crippen LogP contribution in [0.4, 0.5) is 0 Å². The predicted octanol–water partition coefficient (Wildman–Crippen LogP) is 0.826. The first-order valence-electron chi connectivity index (χ1n) is 7.08. The van der Waals surface area contributed by atoms with Crippen LogP contribution < -0.4 is 4.72 Å². The third-order valence-corrected chi connectivity index (χ3v) is 5.57. The molecule has 7 nitrogen and oxygen atoms in total. The molecule has 2 atom stereocenters. The van der Waals surface area contributed by atoms with Crippen LogP contribution >= 0.6 is 0 Å². The maximum absolute atomic E-state index is 12.4. The molecule has 0 aromatic heterocycles. The first-order valence-corrected chi connectivity index (χ1v) is 8.56. The number of carbonyl (C=O) groups excluding carboxylic acids is 1. The van der Waals surface area contributed by atoms with Crippen molar-refractivity contribution < 1.29 is 23.2 Å². The van der Waals surface area contributed by atoms with Crippen LogP contribution in [-0.4, -0.2) is 49.4 Å². The third kappa shape index (κ3) is 4.74. The summed E-state index contributed by atoms with van der Waals surface area (Å²) in [6, 6.07) is 6.98. The zero-order valence-corrected chi connectivity index (χ0v) is 14.8. The van der Waals surface area contributed by atoms with E-state index in [1.54, 1.807) is 30.3 Å². The Kier molecular flexibility index (Phi) is 6.29. The molecule has 0 spiro atoms. The maximum atomic E-state index is 12.4. The molecule has 0 heterocycles. The van der Waals surface area contributed by atoms with Crippen LogP contribution in [0.25, 0.3) is 0 Å². The topological polar surface area (TPSA) is 95.9 Å². The van der Waals surface area contributed by atoms with Crippen molar-refractivity contribution in [1.82, 2.24) is 9.79 Å². The Balaban J connectivity index is 3.21. The average molecular weight is 344 g/mol. The van der Waals surface area contributed by atoms with Crippen LogP contribution in [-0.2, 0) is 19.7 Å². The fraction of sp³-hybridized carbons (Fsp3) is 0.533. The Morgan fingerprint density at radius 1 is 1.26 bits per heavy atom. The van der Waals surface area contributed by atoms with Crippen molar-refractivity contribution >= 4 is 15.9 Å². The van der Waals surface area contributed by atoms with E-state index in [1.165, 1.54) is 34.9 Å². The van der Waals surface area contributed by atoms with Gasteiger partial charge in [0.2, 0.25) is 10.0 Å². The van der Waals surface area contributed by atoms with Gasteiger partial charge in [0.1, 0.15) is 12.1 Å². The Hall–Kier alpha value is -1.48. The van der Waals surface area contributed by atoms with E-state index in [1.807, 2.05) is 0 Å². The molecule has 0 unspecified atom stereocenters. The molecular formula is C15H24N2O5S. The molecule has 1 rings (SSSR count). The maximum Gasteiger partial charge on any atom is 0.267 e. The lowest BCUT2D eigenvalue weighted by molar-refractivity contribution is -0.173. The summed E-state index contributed by atoms with van der Waals surface area (Å²) in [7, 11) is -1.22. The molecule has 8 heteroatoms. The van der Waals surface area contributed by atoms with Crippen molar-refractivity contribution in [3.05, 3.63) is 35.9 Å². The summed E-state index contributed by atoms with van der Waals surface area (Å²) in [6.45, 7) is 4.52. The Morgan fingerprint density at radius 3 is 2.22 bits per heavy atom. The lowest BCUT2D eigenvalue weighted by Crippen LogP contribution is -2.53. The minimum Gasteiger partial charge on any atom is -0.386 e. The van der Waals surface area contributed by atoms with Gasteiger partial charge in [-0.15, -0.1) is 0 Å². The van der Waals surface area contributed by atoms with Crippen LogP contribution in [0.5, 0.6) is 0 Å². The lowest BCUT2D eigenvalue weighted by atomic mass is 10.0. The van der Waals surface area contributed by atoms with Crippen molar-refractivity contribution in [1.29, 1.82) is 0 Å². The zero-order chi connectivity index (χ0) is 17.8. The highest BCUT2D eigenvalue weighted by Gasteiger charge is 2.38. The summed E-state index contributed by atoms with van der Waals surface area (Å²) < 4.78 is 25.9. The standard InChI is InChI=1S/C15H24N2O5S/c1-15(2,3)23(20,21)16-12(14(19)17(4)22-5)13(18)11-9-7-6-8-10-11/h6-10,12-13,16,18H,1-5H3/t12-,13+/m0/s1. The predicted molar refractivity (Wildman–Crippen MR) is 86.8 cm³/mol. The summed E-state index contributed by atoms with van der Waals surface area (Å²) in [4.78, 5) is 17.2. The number of hydrogen-bond acceptors (Lipinski definition) is 5. The molecule has 0 bridgehead atoms. The summed E-state index contributed by atoms with van der Waals surface area (Å²) in [6.07, 6.45) is -1.35. The second-order valence-electron chi connectivity index (χ2n) is 6.09. The molecule has 0 aliphatic heterocycles. The van der Waals surface area contributed by atoms with E-state index in [9.17, 15) is 18.3 Å². The van der Waals surface area contributed by atoms with Gasteiger partial charge in [0.05, 0.1) is 11.9 Å². The molecule has 0 aliphatic carbocycles. The van der Waals surface area contributed by atoms with Gasteiger partial charge in [-0.05, 0) is 26.3 Å². The lowest BCUT2D eigenvalue weighted by Gasteiger charge is -2.29. The van der Waals surface area contributed by atoms with Gasteiger partial charge in [-0.1, -0.05) is 30.3 Å². The highest BCUT2D eigenvalue weighted by Crippen LogP contribution is 2.22. The summed E-state index contributed by atoms with van der Waals surface area (Å²) in [5.41, 5.74) is 0.423. The fourth-order valence-electron chi connectivity index (χ4n) is 1.72. The number of aliphatic hydroxyl groups is 1. The first-order chi connectivity index (χ1) is 10.5. The third-order valence-electron chi connectivity index (χ3n) is 3.40. The second-order valence-corrected chi connectivity index (χ2v) is 8.55. The van der Waals surface area contributed by atoms with E-state index in [0.29, 0.717) is 5.56 Å². The van der Waals surface area contributed by atoms with Crippen molar-refractivity contribution in [2.24, 2.45) is 0 Å². The number of rotatable bonds is 6. The fourth-order valence-corrected chi connectivity index (χ4v) is 2.64. The number of benzene rings is 1. The molecule has 1 aromatic rings. The highest BCUT2D eigenvalue weighted by atomic mass is 32.2. The number of sulfonamides is 1. The highest BCUT2D eigenvalue weighted by molar-refractivity contribution is 7.90. The number of nitrogens with zero attached hydrogens (tertiary/aromatic N) is 1. The SMILES string of the molecule is CON(C)C(=O)[C@@H](NS(=O)(=O)C(C)(C)C)[C@H](O)c1ccccc1. The number of carbonyl (C=O) groups is 1. The summed E-state index contributed by atoms with van der Waals surface area (Å²) >= 11 is 0. The normalized spacial score (nSPS) is 15.0. The van der Waals surface area contributed by atoms with Crippen LogP contribution in [0.15, 0.2) is 30.3 Å². The van der Waals surface area contributed by atoms with Crippen LogP contribution in [0.1, 0.15) is 32.4 Å². The molecule has 0 saturated heterocycles. The minimum absolute atomic E-state index is 0.423. The summed E-state index contributed by atoms with van der Waals surface area (Å²) in [5, 5.41) is 11.4. The molecular weight excluding hydrogens is 320 g/mol. The van der Waals surface area contributed by atoms with Gasteiger partial charge >= 0.3 is 0 Å². The van der Waals surface area contributed by atoms with Crippen molar-refractivity contribution in [3.8, 4) is 0 Å². The van der Waals surface area contributed by atoms with Crippen molar-refractivity contribution in [3.63, 3.8) is 0 Å². The van der Waals surface area contributed by atoms with E-state index in [0.717, 1.165) is 5.06 Å².